The van der Waals surface area contributed by atoms with Crippen molar-refractivity contribution in [2.75, 3.05) is 35.2 Å². The van der Waals surface area contributed by atoms with Gasteiger partial charge in [-0.15, -0.1) is 12.4 Å². The summed E-state index contributed by atoms with van der Waals surface area (Å²) in [5.41, 5.74) is 9.47. The van der Waals surface area contributed by atoms with Crippen molar-refractivity contribution in [1.29, 1.82) is 0 Å². The fraction of sp³-hybridized carbons (Fsp3) is 0.409. The molecule has 0 bridgehead atoms. The number of nitro benzene ring substituents is 1. The van der Waals surface area contributed by atoms with Crippen LogP contribution in [-0.4, -0.2) is 30.5 Å². The maximum atomic E-state index is 13.2. The highest BCUT2D eigenvalue weighted by Gasteiger charge is 2.28. The molecule has 0 atom stereocenters. The molecule has 2 heterocycles. The van der Waals surface area contributed by atoms with E-state index in [1.807, 2.05) is 18.2 Å². The smallest absolute Gasteiger partial charge is 0.293 e. The Morgan fingerprint density at radius 1 is 1.13 bits per heavy atom. The second-order valence-corrected chi connectivity index (χ2v) is 8.04. The number of nitro groups is 1. The summed E-state index contributed by atoms with van der Waals surface area (Å²) in [5.74, 6) is 0.413. The second kappa shape index (κ2) is 8.92. The third-order valence-corrected chi connectivity index (χ3v) is 6.08. The van der Waals surface area contributed by atoms with Gasteiger partial charge in [-0.3, -0.25) is 14.9 Å². The quantitative estimate of drug-likeness (QED) is 0.441. The Bertz CT molecular complexity index is 957. The first-order chi connectivity index (χ1) is 14.0. The first-order valence-electron chi connectivity index (χ1n) is 10.2. The first-order valence-corrected chi connectivity index (χ1v) is 10.2. The lowest BCUT2D eigenvalue weighted by Gasteiger charge is -2.32. The number of hydrogen-bond acceptors (Lipinski definition) is 5. The molecule has 160 valence electrons. The maximum Gasteiger partial charge on any atom is 0.293 e. The number of rotatable bonds is 3. The van der Waals surface area contributed by atoms with Crippen LogP contribution in [0.2, 0.25) is 0 Å². The number of hydrogen-bond donors (Lipinski definition) is 1. The molecular formula is C22H27ClN4O3. The summed E-state index contributed by atoms with van der Waals surface area (Å²) < 4.78 is 0. The monoisotopic (exact) mass is 430 g/mol. The largest absolute Gasteiger partial charge is 0.398 e. The highest BCUT2D eigenvalue weighted by molar-refractivity contribution is 6.07. The van der Waals surface area contributed by atoms with Crippen LogP contribution in [0.25, 0.3) is 0 Å². The number of halogens is 1. The van der Waals surface area contributed by atoms with Gasteiger partial charge >= 0.3 is 0 Å². The molecule has 0 aromatic heterocycles. The van der Waals surface area contributed by atoms with E-state index in [0.717, 1.165) is 50.0 Å². The minimum Gasteiger partial charge on any atom is -0.398 e. The Morgan fingerprint density at radius 2 is 1.87 bits per heavy atom. The van der Waals surface area contributed by atoms with E-state index < -0.39 is 0 Å². The van der Waals surface area contributed by atoms with Gasteiger partial charge in [0.15, 0.2) is 0 Å². The van der Waals surface area contributed by atoms with Crippen LogP contribution in [-0.2, 0) is 6.42 Å². The SMILES string of the molecule is CC1CCN(c2ccc(C(=O)N3CCCc4c(N)cccc43)cc2[N+](=O)[O-])CC1.Cl. The van der Waals surface area contributed by atoms with Crippen molar-refractivity contribution in [2.24, 2.45) is 5.92 Å². The summed E-state index contributed by atoms with van der Waals surface area (Å²) in [6, 6.07) is 10.4. The lowest BCUT2D eigenvalue weighted by molar-refractivity contribution is -0.384. The molecule has 4 rings (SSSR count). The number of benzene rings is 2. The molecule has 2 aromatic rings. The van der Waals surface area contributed by atoms with Crippen LogP contribution >= 0.6 is 12.4 Å². The van der Waals surface area contributed by atoms with E-state index in [1.54, 1.807) is 17.0 Å². The fourth-order valence-electron chi connectivity index (χ4n) is 4.34. The van der Waals surface area contributed by atoms with Crippen LogP contribution in [0.15, 0.2) is 36.4 Å². The van der Waals surface area contributed by atoms with Gasteiger partial charge in [0.2, 0.25) is 0 Å². The molecule has 2 aromatic carbocycles. The van der Waals surface area contributed by atoms with E-state index in [0.29, 0.717) is 29.4 Å². The first kappa shape index (κ1) is 21.9. The van der Waals surface area contributed by atoms with E-state index in [4.69, 9.17) is 5.73 Å². The van der Waals surface area contributed by atoms with Gasteiger partial charge in [-0.1, -0.05) is 13.0 Å². The molecule has 2 N–H and O–H groups in total. The van der Waals surface area contributed by atoms with Crippen molar-refractivity contribution in [1.82, 2.24) is 0 Å². The molecular weight excluding hydrogens is 404 g/mol. The van der Waals surface area contributed by atoms with Gasteiger partial charge in [0.25, 0.3) is 11.6 Å². The zero-order valence-electron chi connectivity index (χ0n) is 17.0. The van der Waals surface area contributed by atoms with Gasteiger partial charge < -0.3 is 15.5 Å². The molecule has 1 amide bonds. The zero-order chi connectivity index (χ0) is 20.5. The topological polar surface area (TPSA) is 92.7 Å². The van der Waals surface area contributed by atoms with Crippen molar-refractivity contribution in [2.45, 2.75) is 32.6 Å². The summed E-state index contributed by atoms with van der Waals surface area (Å²) in [6.45, 7) is 4.38. The van der Waals surface area contributed by atoms with Gasteiger partial charge in [0, 0.05) is 42.6 Å². The highest BCUT2D eigenvalue weighted by atomic mass is 35.5. The minimum atomic E-state index is -0.383. The van der Waals surface area contributed by atoms with E-state index in [9.17, 15) is 14.9 Å². The molecule has 8 heteroatoms. The van der Waals surface area contributed by atoms with Crippen molar-refractivity contribution in [3.63, 3.8) is 0 Å². The van der Waals surface area contributed by atoms with Gasteiger partial charge in [-0.2, -0.15) is 0 Å². The van der Waals surface area contributed by atoms with Crippen LogP contribution < -0.4 is 15.5 Å². The summed E-state index contributed by atoms with van der Waals surface area (Å²) in [5, 5.41) is 11.8. The van der Waals surface area contributed by atoms with E-state index in [-0.39, 0.29) is 28.9 Å². The predicted octanol–water partition coefficient (Wildman–Crippen LogP) is 4.43. The minimum absolute atomic E-state index is 0. The van der Waals surface area contributed by atoms with Gasteiger partial charge in [0.1, 0.15) is 5.69 Å². The van der Waals surface area contributed by atoms with Crippen molar-refractivity contribution < 1.29 is 9.72 Å². The summed E-state index contributed by atoms with van der Waals surface area (Å²) in [6.07, 6.45) is 3.69. The Kier molecular flexibility index (Phi) is 6.51. The molecule has 1 saturated heterocycles. The third-order valence-electron chi connectivity index (χ3n) is 6.08. The number of nitrogens with two attached hydrogens (primary N) is 1. The molecule has 0 aliphatic carbocycles. The van der Waals surface area contributed by atoms with Crippen LogP contribution in [0.1, 0.15) is 42.1 Å². The molecule has 1 fully saturated rings. The zero-order valence-corrected chi connectivity index (χ0v) is 17.9. The average Bonchev–Trinajstić information content (AvgIpc) is 2.73. The van der Waals surface area contributed by atoms with E-state index in [1.165, 1.54) is 6.07 Å². The lowest BCUT2D eigenvalue weighted by Crippen LogP contribution is -2.36. The third kappa shape index (κ3) is 4.07. The van der Waals surface area contributed by atoms with Crippen molar-refractivity contribution in [3.05, 3.63) is 57.6 Å². The molecule has 0 saturated carbocycles. The lowest BCUT2D eigenvalue weighted by atomic mass is 9.97. The number of carbonyl (C=O) groups is 1. The Hall–Kier alpha value is -2.80. The average molecular weight is 431 g/mol. The number of fused-ring (bicyclic) bond motifs is 1. The van der Waals surface area contributed by atoms with Gasteiger partial charge in [0.05, 0.1) is 4.92 Å². The second-order valence-electron chi connectivity index (χ2n) is 8.04. The molecule has 30 heavy (non-hydrogen) atoms. The molecule has 2 aliphatic heterocycles. The standard InChI is InChI=1S/C22H26N4O3.ClH/c1-15-9-12-24(13-10-15)20-8-7-16(14-21(20)26(28)29)22(27)25-11-3-4-17-18(23)5-2-6-19(17)25;/h2,5-8,14-15H,3-4,9-13,23H2,1H3;1H. The molecule has 0 radical (unpaired) electrons. The van der Waals surface area contributed by atoms with E-state index in [2.05, 4.69) is 11.8 Å². The highest BCUT2D eigenvalue weighted by Crippen LogP contribution is 2.35. The van der Waals surface area contributed by atoms with E-state index >= 15 is 0 Å². The maximum absolute atomic E-state index is 13.2. The Balaban J connectivity index is 0.00000256. The van der Waals surface area contributed by atoms with Gasteiger partial charge in [-0.25, -0.2) is 0 Å². The van der Waals surface area contributed by atoms with Gasteiger partial charge in [-0.05, 0) is 61.4 Å². The van der Waals surface area contributed by atoms with Crippen LogP contribution in [0.3, 0.4) is 0 Å². The van der Waals surface area contributed by atoms with Crippen LogP contribution in [0.4, 0.5) is 22.7 Å². The van der Waals surface area contributed by atoms with Crippen LogP contribution in [0.5, 0.6) is 0 Å². The molecule has 0 unspecified atom stereocenters. The number of nitrogens with zero attached hydrogens (tertiary/aromatic N) is 3. The predicted molar refractivity (Wildman–Crippen MR) is 122 cm³/mol. The van der Waals surface area contributed by atoms with Crippen molar-refractivity contribution in [3.8, 4) is 0 Å². The van der Waals surface area contributed by atoms with Crippen molar-refractivity contribution >= 4 is 41.1 Å². The number of carbonyl (C=O) groups excluding carboxylic acids is 1. The Morgan fingerprint density at radius 3 is 2.57 bits per heavy atom. The number of nitrogen functional groups attached to an aromatic ring is 1. The molecule has 7 nitrogen and oxygen atoms in total. The number of anilines is 3. The summed E-state index contributed by atoms with van der Waals surface area (Å²) in [7, 11) is 0. The molecule has 0 spiro atoms. The fourth-order valence-corrected chi connectivity index (χ4v) is 4.34. The number of piperidine rings is 1. The normalized spacial score (nSPS) is 16.6. The van der Waals surface area contributed by atoms with Crippen LogP contribution in [0, 0.1) is 16.0 Å². The molecule has 2 aliphatic rings. The summed E-state index contributed by atoms with van der Waals surface area (Å²) in [4.78, 5) is 28.4. The summed E-state index contributed by atoms with van der Waals surface area (Å²) >= 11 is 0. The number of amides is 1. The Labute approximate surface area is 182 Å².